The fourth-order valence-electron chi connectivity index (χ4n) is 3.00. The highest BCUT2D eigenvalue weighted by atomic mass is 35.5. The summed E-state index contributed by atoms with van der Waals surface area (Å²) < 4.78 is 19.5. The Kier molecular flexibility index (Phi) is 3.47. The van der Waals surface area contributed by atoms with E-state index in [1.165, 1.54) is 0 Å². The van der Waals surface area contributed by atoms with Gasteiger partial charge >= 0.3 is 0 Å². The predicted molar refractivity (Wildman–Crippen MR) is 74.7 cm³/mol. The average molecular weight is 332 g/mol. The van der Waals surface area contributed by atoms with Crippen molar-refractivity contribution >= 4 is 34.9 Å². The van der Waals surface area contributed by atoms with Crippen LogP contribution in [0.3, 0.4) is 0 Å². The first-order valence-electron chi connectivity index (χ1n) is 6.43. The summed E-state index contributed by atoms with van der Waals surface area (Å²) in [5.74, 6) is -3.02. The molecule has 0 aliphatic heterocycles. The second-order valence-electron chi connectivity index (χ2n) is 5.40. The van der Waals surface area contributed by atoms with Gasteiger partial charge in [0.25, 0.3) is 5.91 Å². The summed E-state index contributed by atoms with van der Waals surface area (Å²) in [6.07, 6.45) is -0.512. The molecule has 4 atom stereocenters. The molecule has 2 fully saturated rings. The number of amides is 1. The van der Waals surface area contributed by atoms with Crippen LogP contribution in [0.15, 0.2) is 18.2 Å². The number of benzene rings is 1. The fraction of sp³-hybridized carbons (Fsp3) is 0.429. The van der Waals surface area contributed by atoms with E-state index in [9.17, 15) is 14.0 Å². The largest absolute Gasteiger partial charge is 0.367 e. The van der Waals surface area contributed by atoms with E-state index in [-0.39, 0.29) is 18.8 Å². The molecule has 0 aromatic heterocycles. The molecule has 0 bridgehead atoms. The monoisotopic (exact) mass is 331 g/mol. The Morgan fingerprint density at radius 3 is 2.67 bits per heavy atom. The van der Waals surface area contributed by atoms with Crippen molar-refractivity contribution in [2.75, 3.05) is 0 Å². The van der Waals surface area contributed by atoms with Gasteiger partial charge in [0, 0.05) is 5.92 Å². The molecule has 7 heteroatoms. The zero-order chi connectivity index (χ0) is 15.4. The molecule has 1 aromatic carbocycles. The highest BCUT2D eigenvalue weighted by Gasteiger charge is 2.78. The molecule has 21 heavy (non-hydrogen) atoms. The highest BCUT2D eigenvalue weighted by molar-refractivity contribution is 6.42. The molecule has 0 unspecified atom stereocenters. The number of halogens is 3. The fourth-order valence-corrected chi connectivity index (χ4v) is 3.32. The Balaban J connectivity index is 1.61. The van der Waals surface area contributed by atoms with Crippen LogP contribution >= 0.6 is 23.2 Å². The Morgan fingerprint density at radius 1 is 1.43 bits per heavy atom. The summed E-state index contributed by atoms with van der Waals surface area (Å²) >= 11 is 11.7. The van der Waals surface area contributed by atoms with Crippen LogP contribution in [0.1, 0.15) is 12.0 Å². The van der Waals surface area contributed by atoms with Gasteiger partial charge in [0.2, 0.25) is 5.67 Å². The van der Waals surface area contributed by atoms with Crippen LogP contribution in [0, 0.1) is 11.8 Å². The van der Waals surface area contributed by atoms with Crippen molar-refractivity contribution < 1.29 is 18.7 Å². The topological polar surface area (TPSA) is 69.4 Å². The van der Waals surface area contributed by atoms with E-state index in [2.05, 4.69) is 0 Å². The zero-order valence-corrected chi connectivity index (χ0v) is 12.3. The van der Waals surface area contributed by atoms with Gasteiger partial charge in [0.15, 0.2) is 5.78 Å². The molecule has 112 valence electrons. The SMILES string of the molecule is NC(=O)[C@@]1(F)[C@@H]2C[C@@H](OCc3ccc(Cl)c(Cl)c3)C(=O)[C@@H]21. The maximum Gasteiger partial charge on any atom is 0.256 e. The second-order valence-corrected chi connectivity index (χ2v) is 6.22. The number of hydrogen-bond donors (Lipinski definition) is 1. The van der Waals surface area contributed by atoms with Gasteiger partial charge in [-0.3, -0.25) is 9.59 Å². The summed E-state index contributed by atoms with van der Waals surface area (Å²) in [5, 5.41) is 0.831. The van der Waals surface area contributed by atoms with Gasteiger partial charge in [-0.05, 0) is 24.1 Å². The average Bonchev–Trinajstić information content (AvgIpc) is 2.87. The number of primary amides is 1. The quantitative estimate of drug-likeness (QED) is 0.920. The number of Topliss-reactive ketones (excluding diaryl/α,β-unsaturated/α-hetero) is 1. The number of hydrogen-bond acceptors (Lipinski definition) is 3. The molecule has 2 aliphatic rings. The number of nitrogens with two attached hydrogens (primary N) is 1. The van der Waals surface area contributed by atoms with Gasteiger partial charge in [-0.1, -0.05) is 29.3 Å². The first kappa shape index (κ1) is 14.8. The van der Waals surface area contributed by atoms with Crippen LogP contribution < -0.4 is 5.73 Å². The number of alkyl halides is 1. The highest BCUT2D eigenvalue weighted by Crippen LogP contribution is 2.61. The lowest BCUT2D eigenvalue weighted by atomic mass is 10.1. The minimum atomic E-state index is -2.17. The molecular formula is C14H12Cl2FNO3. The van der Waals surface area contributed by atoms with E-state index in [4.69, 9.17) is 33.7 Å². The molecule has 2 aliphatic carbocycles. The lowest BCUT2D eigenvalue weighted by Crippen LogP contribution is -2.37. The summed E-state index contributed by atoms with van der Waals surface area (Å²) in [4.78, 5) is 23.0. The maximum atomic E-state index is 14.0. The minimum Gasteiger partial charge on any atom is -0.367 e. The van der Waals surface area contributed by atoms with E-state index in [1.807, 2.05) is 0 Å². The molecule has 1 aromatic rings. The normalized spacial score (nSPS) is 33.9. The van der Waals surface area contributed by atoms with Gasteiger partial charge in [0.05, 0.1) is 22.6 Å². The third-order valence-corrected chi connectivity index (χ3v) is 4.93. The van der Waals surface area contributed by atoms with Crippen LogP contribution in [-0.4, -0.2) is 23.5 Å². The summed E-state index contributed by atoms with van der Waals surface area (Å²) in [6, 6.07) is 5.01. The Bertz CT molecular complexity index is 639. The summed E-state index contributed by atoms with van der Waals surface area (Å²) in [7, 11) is 0. The lowest BCUT2D eigenvalue weighted by Gasteiger charge is -2.16. The smallest absolute Gasteiger partial charge is 0.256 e. The van der Waals surface area contributed by atoms with Gasteiger partial charge in [-0.2, -0.15) is 0 Å². The van der Waals surface area contributed by atoms with Crippen molar-refractivity contribution in [3.05, 3.63) is 33.8 Å². The number of carbonyl (C=O) groups excluding carboxylic acids is 2. The molecule has 2 saturated carbocycles. The first-order valence-corrected chi connectivity index (χ1v) is 7.19. The van der Waals surface area contributed by atoms with Crippen LogP contribution in [0.2, 0.25) is 10.0 Å². The first-order chi connectivity index (χ1) is 9.85. The number of ether oxygens (including phenoxy) is 1. The van der Waals surface area contributed by atoms with E-state index >= 15 is 0 Å². The summed E-state index contributed by atoms with van der Waals surface area (Å²) in [6.45, 7) is 0.169. The number of carbonyl (C=O) groups is 2. The van der Waals surface area contributed by atoms with Crippen molar-refractivity contribution in [3.8, 4) is 0 Å². The van der Waals surface area contributed by atoms with Crippen molar-refractivity contribution in [1.82, 2.24) is 0 Å². The molecule has 2 N–H and O–H groups in total. The van der Waals surface area contributed by atoms with E-state index in [0.29, 0.717) is 10.0 Å². The third-order valence-electron chi connectivity index (χ3n) is 4.19. The summed E-state index contributed by atoms with van der Waals surface area (Å²) in [5.41, 5.74) is 3.59. The molecule has 0 saturated heterocycles. The van der Waals surface area contributed by atoms with Gasteiger partial charge in [0.1, 0.15) is 6.10 Å². The molecule has 1 amide bonds. The van der Waals surface area contributed by atoms with E-state index < -0.39 is 29.5 Å². The van der Waals surface area contributed by atoms with Crippen LogP contribution in [-0.2, 0) is 20.9 Å². The maximum absolute atomic E-state index is 14.0. The third kappa shape index (κ3) is 2.24. The van der Waals surface area contributed by atoms with Gasteiger partial charge < -0.3 is 10.5 Å². The number of rotatable bonds is 4. The van der Waals surface area contributed by atoms with Crippen molar-refractivity contribution in [1.29, 1.82) is 0 Å². The Hall–Kier alpha value is -1.17. The van der Waals surface area contributed by atoms with Crippen LogP contribution in [0.25, 0.3) is 0 Å². The standard InChI is InChI=1S/C14H12Cl2FNO3/c15-8-2-1-6(3-9(8)16)5-21-10-4-7-11(12(10)19)14(7,17)13(18)20/h1-3,7,10-11H,4-5H2,(H2,18,20)/t7-,10-,11-,14-/m1/s1. The molecular weight excluding hydrogens is 320 g/mol. The molecule has 4 nitrogen and oxygen atoms in total. The van der Waals surface area contributed by atoms with Crippen molar-refractivity contribution in [2.24, 2.45) is 17.6 Å². The molecule has 0 spiro atoms. The zero-order valence-electron chi connectivity index (χ0n) is 10.8. The molecule has 3 rings (SSSR count). The van der Waals surface area contributed by atoms with Crippen LogP contribution in [0.5, 0.6) is 0 Å². The Morgan fingerprint density at radius 2 is 2.14 bits per heavy atom. The van der Waals surface area contributed by atoms with Gasteiger partial charge in [-0.15, -0.1) is 0 Å². The van der Waals surface area contributed by atoms with Crippen LogP contribution in [0.4, 0.5) is 4.39 Å². The number of ketones is 1. The minimum absolute atomic E-state index is 0.169. The van der Waals surface area contributed by atoms with E-state index in [1.54, 1.807) is 18.2 Å². The lowest BCUT2D eigenvalue weighted by molar-refractivity contribution is -0.137. The van der Waals surface area contributed by atoms with Crippen molar-refractivity contribution in [3.63, 3.8) is 0 Å². The van der Waals surface area contributed by atoms with E-state index in [0.717, 1.165) is 5.56 Å². The second kappa shape index (κ2) is 4.93. The predicted octanol–water partition coefficient (Wildman–Crippen LogP) is 2.29. The van der Waals surface area contributed by atoms with Gasteiger partial charge in [-0.25, -0.2) is 4.39 Å². The number of fused-ring (bicyclic) bond motifs is 1. The molecule has 0 heterocycles. The van der Waals surface area contributed by atoms with Crippen molar-refractivity contribution in [2.45, 2.75) is 24.8 Å². The molecule has 0 radical (unpaired) electrons. The Labute approximate surface area is 130 Å².